The molecule has 2 rings (SSSR count). The molecule has 0 N–H and O–H groups in total. The van der Waals surface area contributed by atoms with Gasteiger partial charge in [-0.25, -0.2) is 0 Å². The number of amides is 1. The summed E-state index contributed by atoms with van der Waals surface area (Å²) in [7, 11) is 1.88. The maximum Gasteiger partial charge on any atom is 0.230 e. The molecule has 0 aliphatic heterocycles. The number of carbonyl (C=O) groups is 2. The summed E-state index contributed by atoms with van der Waals surface area (Å²) < 4.78 is 0. The first-order chi connectivity index (χ1) is 9.63. The standard InChI is InChI=1S/C17H23NO2/c1-3-16(13-7-5-4-6-8-13)17(20)18(2)14-9-11-15(19)12-10-14/h4-8,14,16H,3,9-12H2,1-2H3. The van der Waals surface area contributed by atoms with Gasteiger partial charge < -0.3 is 4.90 Å². The molecular weight excluding hydrogens is 250 g/mol. The average molecular weight is 273 g/mol. The fourth-order valence-electron chi connectivity index (χ4n) is 2.98. The van der Waals surface area contributed by atoms with Crippen molar-refractivity contribution in [1.82, 2.24) is 4.90 Å². The van der Waals surface area contributed by atoms with E-state index >= 15 is 0 Å². The largest absolute Gasteiger partial charge is 0.342 e. The molecule has 1 unspecified atom stereocenters. The minimum absolute atomic E-state index is 0.0705. The van der Waals surface area contributed by atoms with E-state index < -0.39 is 0 Å². The molecule has 1 atom stereocenters. The second kappa shape index (κ2) is 6.69. The predicted octanol–water partition coefficient (Wildman–Crippen LogP) is 3.15. The Hall–Kier alpha value is -1.64. The summed E-state index contributed by atoms with van der Waals surface area (Å²) in [5.74, 6) is 0.439. The van der Waals surface area contributed by atoms with Gasteiger partial charge >= 0.3 is 0 Å². The third-order valence-corrected chi connectivity index (χ3v) is 4.32. The molecule has 0 bridgehead atoms. The molecule has 1 amide bonds. The quantitative estimate of drug-likeness (QED) is 0.845. The molecule has 3 nitrogen and oxygen atoms in total. The maximum absolute atomic E-state index is 12.7. The number of carbonyl (C=O) groups excluding carboxylic acids is 2. The molecule has 1 fully saturated rings. The summed E-state index contributed by atoms with van der Waals surface area (Å²) in [5.41, 5.74) is 1.08. The van der Waals surface area contributed by atoms with Crippen molar-refractivity contribution < 1.29 is 9.59 Å². The Morgan fingerprint density at radius 1 is 1.25 bits per heavy atom. The van der Waals surface area contributed by atoms with Crippen LogP contribution in [-0.2, 0) is 9.59 Å². The summed E-state index contributed by atoms with van der Waals surface area (Å²) in [6.45, 7) is 2.05. The van der Waals surface area contributed by atoms with Crippen molar-refractivity contribution in [2.45, 2.75) is 51.0 Å². The Labute approximate surface area is 121 Å². The van der Waals surface area contributed by atoms with Crippen molar-refractivity contribution in [2.24, 2.45) is 0 Å². The summed E-state index contributed by atoms with van der Waals surface area (Å²) in [4.78, 5) is 25.9. The average Bonchev–Trinajstić information content (AvgIpc) is 2.49. The van der Waals surface area contributed by atoms with E-state index in [0.29, 0.717) is 18.6 Å². The number of benzene rings is 1. The SMILES string of the molecule is CCC(C(=O)N(C)C1CCC(=O)CC1)c1ccccc1. The van der Waals surface area contributed by atoms with Crippen LogP contribution in [0.15, 0.2) is 30.3 Å². The molecule has 1 aromatic rings. The number of nitrogens with zero attached hydrogens (tertiary/aromatic N) is 1. The highest BCUT2D eigenvalue weighted by Crippen LogP contribution is 2.26. The lowest BCUT2D eigenvalue weighted by atomic mass is 9.90. The fourth-order valence-corrected chi connectivity index (χ4v) is 2.98. The topological polar surface area (TPSA) is 37.4 Å². The molecule has 0 spiro atoms. The summed E-state index contributed by atoms with van der Waals surface area (Å²) in [6, 6.07) is 10.2. The lowest BCUT2D eigenvalue weighted by molar-refractivity contribution is -0.135. The van der Waals surface area contributed by atoms with Crippen molar-refractivity contribution in [3.05, 3.63) is 35.9 Å². The van der Waals surface area contributed by atoms with E-state index in [1.165, 1.54) is 0 Å². The Balaban J connectivity index is 2.06. The third kappa shape index (κ3) is 3.27. The molecule has 1 aliphatic carbocycles. The number of ketones is 1. The third-order valence-electron chi connectivity index (χ3n) is 4.32. The van der Waals surface area contributed by atoms with Crippen LogP contribution in [0.2, 0.25) is 0 Å². The van der Waals surface area contributed by atoms with E-state index in [1.807, 2.05) is 49.2 Å². The molecule has 0 heterocycles. The maximum atomic E-state index is 12.7. The van der Waals surface area contributed by atoms with Gasteiger partial charge in [-0.05, 0) is 24.8 Å². The predicted molar refractivity (Wildman–Crippen MR) is 79.5 cm³/mol. The Morgan fingerprint density at radius 2 is 1.85 bits per heavy atom. The normalized spacial score (nSPS) is 17.8. The van der Waals surface area contributed by atoms with E-state index in [0.717, 1.165) is 24.8 Å². The van der Waals surface area contributed by atoms with E-state index in [2.05, 4.69) is 0 Å². The fraction of sp³-hybridized carbons (Fsp3) is 0.529. The minimum atomic E-state index is -0.0705. The Morgan fingerprint density at radius 3 is 2.40 bits per heavy atom. The first-order valence-electron chi connectivity index (χ1n) is 7.46. The van der Waals surface area contributed by atoms with Crippen molar-refractivity contribution in [3.63, 3.8) is 0 Å². The Kier molecular flexibility index (Phi) is 4.94. The van der Waals surface area contributed by atoms with Gasteiger partial charge in [-0.2, -0.15) is 0 Å². The number of likely N-dealkylation sites (N-methyl/N-ethyl adjacent to an activating group) is 1. The van der Waals surface area contributed by atoms with E-state index in [1.54, 1.807) is 0 Å². The van der Waals surface area contributed by atoms with Crippen LogP contribution in [0.5, 0.6) is 0 Å². The smallest absolute Gasteiger partial charge is 0.230 e. The van der Waals surface area contributed by atoms with E-state index in [4.69, 9.17) is 0 Å². The van der Waals surface area contributed by atoms with Crippen LogP contribution >= 0.6 is 0 Å². The second-order valence-corrected chi connectivity index (χ2v) is 5.59. The van der Waals surface area contributed by atoms with Crippen LogP contribution in [-0.4, -0.2) is 29.7 Å². The minimum Gasteiger partial charge on any atom is -0.342 e. The number of Topliss-reactive ketones (excluding diaryl/α,β-unsaturated/α-hetero) is 1. The number of rotatable bonds is 4. The van der Waals surface area contributed by atoms with Crippen LogP contribution in [0, 0.1) is 0 Å². The number of hydrogen-bond donors (Lipinski definition) is 0. The molecule has 3 heteroatoms. The lowest BCUT2D eigenvalue weighted by Crippen LogP contribution is -2.41. The molecule has 0 saturated heterocycles. The van der Waals surface area contributed by atoms with Gasteiger partial charge in [-0.15, -0.1) is 0 Å². The molecule has 1 saturated carbocycles. The van der Waals surface area contributed by atoms with Gasteiger partial charge in [-0.1, -0.05) is 37.3 Å². The van der Waals surface area contributed by atoms with Gasteiger partial charge in [0.2, 0.25) is 5.91 Å². The summed E-state index contributed by atoms with van der Waals surface area (Å²) in [6.07, 6.45) is 3.66. The highest BCUT2D eigenvalue weighted by molar-refractivity contribution is 5.84. The van der Waals surface area contributed by atoms with Crippen LogP contribution in [0.25, 0.3) is 0 Å². The van der Waals surface area contributed by atoms with Crippen LogP contribution < -0.4 is 0 Å². The van der Waals surface area contributed by atoms with Crippen molar-refractivity contribution in [2.75, 3.05) is 7.05 Å². The Bertz CT molecular complexity index is 459. The van der Waals surface area contributed by atoms with E-state index in [9.17, 15) is 9.59 Å². The monoisotopic (exact) mass is 273 g/mol. The summed E-state index contributed by atoms with van der Waals surface area (Å²) >= 11 is 0. The number of hydrogen-bond acceptors (Lipinski definition) is 2. The molecule has 0 aromatic heterocycles. The zero-order valence-electron chi connectivity index (χ0n) is 12.3. The van der Waals surface area contributed by atoms with Gasteiger partial charge in [-0.3, -0.25) is 9.59 Å². The van der Waals surface area contributed by atoms with Gasteiger partial charge in [0.15, 0.2) is 0 Å². The molecule has 1 aromatic carbocycles. The van der Waals surface area contributed by atoms with Crippen LogP contribution in [0.1, 0.15) is 50.5 Å². The molecule has 20 heavy (non-hydrogen) atoms. The molecular formula is C17H23NO2. The van der Waals surface area contributed by atoms with Crippen LogP contribution in [0.3, 0.4) is 0 Å². The van der Waals surface area contributed by atoms with Crippen molar-refractivity contribution in [3.8, 4) is 0 Å². The second-order valence-electron chi connectivity index (χ2n) is 5.59. The highest BCUT2D eigenvalue weighted by Gasteiger charge is 2.29. The van der Waals surface area contributed by atoms with Gasteiger partial charge in [0.05, 0.1) is 5.92 Å². The zero-order chi connectivity index (χ0) is 14.5. The van der Waals surface area contributed by atoms with Gasteiger partial charge in [0, 0.05) is 25.9 Å². The summed E-state index contributed by atoms with van der Waals surface area (Å²) in [5, 5.41) is 0. The van der Waals surface area contributed by atoms with E-state index in [-0.39, 0.29) is 17.9 Å². The van der Waals surface area contributed by atoms with Crippen molar-refractivity contribution >= 4 is 11.7 Å². The molecule has 108 valence electrons. The first-order valence-corrected chi connectivity index (χ1v) is 7.46. The zero-order valence-corrected chi connectivity index (χ0v) is 12.3. The highest BCUT2D eigenvalue weighted by atomic mass is 16.2. The van der Waals surface area contributed by atoms with Crippen LogP contribution in [0.4, 0.5) is 0 Å². The first kappa shape index (κ1) is 14.8. The van der Waals surface area contributed by atoms with Crippen molar-refractivity contribution in [1.29, 1.82) is 0 Å². The molecule has 0 radical (unpaired) electrons. The lowest BCUT2D eigenvalue weighted by Gasteiger charge is -2.33. The van der Waals surface area contributed by atoms with Gasteiger partial charge in [0.25, 0.3) is 0 Å². The van der Waals surface area contributed by atoms with Gasteiger partial charge in [0.1, 0.15) is 5.78 Å². The molecule has 1 aliphatic rings.